The molecular formula is C59H34N4OS. The minimum Gasteiger partial charge on any atom is -0.455 e. The van der Waals surface area contributed by atoms with E-state index in [0.29, 0.717) is 17.5 Å². The van der Waals surface area contributed by atoms with Gasteiger partial charge in [0.25, 0.3) is 0 Å². The summed E-state index contributed by atoms with van der Waals surface area (Å²) in [6.07, 6.45) is 0. The molecule has 0 spiro atoms. The van der Waals surface area contributed by atoms with Crippen molar-refractivity contribution in [3.63, 3.8) is 0 Å². The molecule has 5 nitrogen and oxygen atoms in total. The van der Waals surface area contributed by atoms with E-state index in [2.05, 4.69) is 193 Å². The van der Waals surface area contributed by atoms with E-state index in [-0.39, 0.29) is 0 Å². The van der Waals surface area contributed by atoms with Crippen LogP contribution in [-0.2, 0) is 0 Å². The Hall–Kier alpha value is -8.45. The van der Waals surface area contributed by atoms with Crippen LogP contribution in [0.25, 0.3) is 136 Å². The molecule has 0 atom stereocenters. The summed E-state index contributed by atoms with van der Waals surface area (Å²) in [5.41, 5.74) is 9.64. The molecule has 10 aromatic carbocycles. The summed E-state index contributed by atoms with van der Waals surface area (Å²) in [5, 5.41) is 11.6. The van der Waals surface area contributed by atoms with Gasteiger partial charge in [-0.3, -0.25) is 0 Å². The Morgan fingerprint density at radius 1 is 0.369 bits per heavy atom. The van der Waals surface area contributed by atoms with Crippen LogP contribution in [0.3, 0.4) is 0 Å². The predicted octanol–water partition coefficient (Wildman–Crippen LogP) is 16.2. The summed E-state index contributed by atoms with van der Waals surface area (Å²) >= 11 is 1.79. The van der Waals surface area contributed by atoms with Crippen LogP contribution >= 0.6 is 11.3 Å². The van der Waals surface area contributed by atoms with Gasteiger partial charge in [0.15, 0.2) is 17.5 Å². The van der Waals surface area contributed by atoms with Gasteiger partial charge in [0, 0.05) is 58.5 Å². The third-order valence-corrected chi connectivity index (χ3v) is 14.1. The lowest BCUT2D eigenvalue weighted by atomic mass is 10.0. The van der Waals surface area contributed by atoms with Gasteiger partial charge < -0.3 is 8.98 Å². The highest BCUT2D eigenvalue weighted by Gasteiger charge is 2.24. The normalized spacial score (nSPS) is 12.0. The fraction of sp³-hybridized carbons (Fsp3) is 0. The highest BCUT2D eigenvalue weighted by atomic mass is 32.1. The van der Waals surface area contributed by atoms with E-state index >= 15 is 0 Å². The van der Waals surface area contributed by atoms with Gasteiger partial charge in [-0.25, -0.2) is 15.0 Å². The molecule has 0 saturated carbocycles. The first-order valence-corrected chi connectivity index (χ1v) is 22.7. The van der Waals surface area contributed by atoms with Crippen molar-refractivity contribution in [1.29, 1.82) is 0 Å². The minimum absolute atomic E-state index is 0.536. The van der Waals surface area contributed by atoms with Gasteiger partial charge in [-0.05, 0) is 87.3 Å². The van der Waals surface area contributed by atoms with E-state index in [0.717, 1.165) is 71.9 Å². The van der Waals surface area contributed by atoms with Crippen LogP contribution in [-0.4, -0.2) is 19.5 Å². The summed E-state index contributed by atoms with van der Waals surface area (Å²) in [5.74, 6) is 1.73. The van der Waals surface area contributed by atoms with Crippen molar-refractivity contribution < 1.29 is 4.42 Å². The molecule has 0 aliphatic heterocycles. The van der Waals surface area contributed by atoms with Crippen molar-refractivity contribution in [3.05, 3.63) is 206 Å². The number of para-hydroxylation sites is 1. The quantitative estimate of drug-likeness (QED) is 0.173. The van der Waals surface area contributed by atoms with E-state index < -0.39 is 0 Å². The molecule has 14 rings (SSSR count). The second-order valence-corrected chi connectivity index (χ2v) is 17.8. The lowest BCUT2D eigenvalue weighted by molar-refractivity contribution is 0.669. The molecule has 0 amide bonds. The maximum atomic E-state index is 6.88. The van der Waals surface area contributed by atoms with Gasteiger partial charge >= 0.3 is 0 Å². The molecule has 4 aromatic heterocycles. The Balaban J connectivity index is 1.09. The summed E-state index contributed by atoms with van der Waals surface area (Å²) in [4.78, 5) is 16.3. The number of benzene rings is 10. The van der Waals surface area contributed by atoms with Crippen LogP contribution in [0.15, 0.2) is 211 Å². The summed E-state index contributed by atoms with van der Waals surface area (Å²) in [6, 6.07) is 73.3. The number of rotatable bonds is 5. The molecule has 14 aromatic rings. The van der Waals surface area contributed by atoms with Crippen LogP contribution < -0.4 is 0 Å². The number of nitrogens with zero attached hydrogens (tertiary/aromatic N) is 4. The van der Waals surface area contributed by atoms with Gasteiger partial charge in [0.05, 0.1) is 16.6 Å². The molecule has 0 aliphatic carbocycles. The number of thiophene rings is 1. The molecule has 0 unspecified atom stereocenters. The first-order valence-electron chi connectivity index (χ1n) is 21.8. The van der Waals surface area contributed by atoms with Crippen LogP contribution in [0.2, 0.25) is 0 Å². The summed E-state index contributed by atoms with van der Waals surface area (Å²) in [7, 11) is 0. The van der Waals surface area contributed by atoms with E-state index in [1.54, 1.807) is 11.3 Å². The number of aromatic nitrogens is 4. The van der Waals surface area contributed by atoms with E-state index in [9.17, 15) is 0 Å². The molecule has 0 radical (unpaired) electrons. The molecule has 0 N–H and O–H groups in total. The van der Waals surface area contributed by atoms with Crippen molar-refractivity contribution in [2.24, 2.45) is 0 Å². The maximum absolute atomic E-state index is 6.88. The first-order chi connectivity index (χ1) is 32.2. The zero-order valence-electron chi connectivity index (χ0n) is 34.7. The minimum atomic E-state index is 0.536. The summed E-state index contributed by atoms with van der Waals surface area (Å²) in [6.45, 7) is 0. The molecule has 65 heavy (non-hydrogen) atoms. The predicted molar refractivity (Wildman–Crippen MR) is 271 cm³/mol. The molecular weight excluding hydrogens is 813 g/mol. The zero-order chi connectivity index (χ0) is 42.6. The smallest absolute Gasteiger partial charge is 0.167 e. The second kappa shape index (κ2) is 14.0. The molecule has 302 valence electrons. The van der Waals surface area contributed by atoms with E-state index in [1.807, 2.05) is 18.2 Å². The second-order valence-electron chi connectivity index (χ2n) is 16.7. The summed E-state index contributed by atoms with van der Waals surface area (Å²) < 4.78 is 11.7. The SMILES string of the molecule is c1ccc(-c2cccc(-c3nc(-c4cc(-n5c6cc7ccccc7cc6c6c7ccccc7ccc65)cc5c4oc4ccccc45)nc(-c4cccc5sc6ccccc6c45)n3)c2)cc1. The molecule has 0 aliphatic rings. The Kier molecular flexibility index (Phi) is 7.79. The Bertz CT molecular complexity index is 4260. The highest BCUT2D eigenvalue weighted by Crippen LogP contribution is 2.44. The van der Waals surface area contributed by atoms with Gasteiger partial charge in [0.2, 0.25) is 0 Å². The fourth-order valence-electron chi connectivity index (χ4n) is 10.0. The van der Waals surface area contributed by atoms with Gasteiger partial charge in [-0.2, -0.15) is 0 Å². The number of hydrogen-bond acceptors (Lipinski definition) is 5. The van der Waals surface area contributed by atoms with Crippen molar-refractivity contribution in [2.75, 3.05) is 0 Å². The van der Waals surface area contributed by atoms with Gasteiger partial charge in [0.1, 0.15) is 11.2 Å². The third kappa shape index (κ3) is 5.61. The average Bonchev–Trinajstić information content (AvgIpc) is 4.05. The number of hydrogen-bond donors (Lipinski definition) is 0. The average molecular weight is 847 g/mol. The molecule has 0 bridgehead atoms. The Labute approximate surface area is 376 Å². The van der Waals surface area contributed by atoms with Crippen molar-refractivity contribution in [3.8, 4) is 51.0 Å². The standard InChI is InChI=1S/C59H34N4OS/c1-2-14-35(15-3-1)37-19-12-20-40(30-37)57-60-58(45-24-13-27-53-55(45)44-23-9-11-26-52(44)65-53)62-59(61-57)48-34-41(33-46-43-22-8-10-25-51(43)64-56(46)48)63-49-29-28-36-16-6-7-21-42(36)54(49)47-31-38-17-4-5-18-39(38)32-50(47)63/h1-34H. The van der Waals surface area contributed by atoms with Crippen LogP contribution in [0.5, 0.6) is 0 Å². The van der Waals surface area contributed by atoms with Crippen molar-refractivity contribution in [2.45, 2.75) is 0 Å². The lowest BCUT2D eigenvalue weighted by Crippen LogP contribution is -2.02. The fourth-order valence-corrected chi connectivity index (χ4v) is 11.2. The molecule has 0 fully saturated rings. The van der Waals surface area contributed by atoms with Gasteiger partial charge in [-0.15, -0.1) is 11.3 Å². The van der Waals surface area contributed by atoms with Crippen molar-refractivity contribution in [1.82, 2.24) is 19.5 Å². The van der Waals surface area contributed by atoms with Crippen LogP contribution in [0.1, 0.15) is 0 Å². The van der Waals surface area contributed by atoms with E-state index in [1.165, 1.54) is 47.1 Å². The van der Waals surface area contributed by atoms with Gasteiger partial charge in [-0.1, -0.05) is 152 Å². The van der Waals surface area contributed by atoms with Crippen LogP contribution in [0.4, 0.5) is 0 Å². The largest absolute Gasteiger partial charge is 0.455 e. The maximum Gasteiger partial charge on any atom is 0.167 e. The monoisotopic (exact) mass is 846 g/mol. The topological polar surface area (TPSA) is 56.7 Å². The van der Waals surface area contributed by atoms with E-state index in [4.69, 9.17) is 19.4 Å². The molecule has 0 saturated heterocycles. The third-order valence-electron chi connectivity index (χ3n) is 13.0. The number of fused-ring (bicyclic) bond motifs is 12. The Morgan fingerprint density at radius 3 is 1.91 bits per heavy atom. The number of furan rings is 1. The van der Waals surface area contributed by atoms with Crippen LogP contribution in [0, 0.1) is 0 Å². The molecule has 4 heterocycles. The zero-order valence-corrected chi connectivity index (χ0v) is 35.6. The first kappa shape index (κ1) is 36.1. The Morgan fingerprint density at radius 2 is 1.03 bits per heavy atom. The highest BCUT2D eigenvalue weighted by molar-refractivity contribution is 7.25. The lowest BCUT2D eigenvalue weighted by Gasteiger charge is -2.13. The van der Waals surface area contributed by atoms with Crippen molar-refractivity contribution >= 4 is 96.8 Å². The molecule has 6 heteroatoms.